The summed E-state index contributed by atoms with van der Waals surface area (Å²) in [7, 11) is 1.64. The van der Waals surface area contributed by atoms with Gasteiger partial charge >= 0.3 is 0 Å². The normalized spacial score (nSPS) is 17.8. The Morgan fingerprint density at radius 2 is 2.14 bits per heavy atom. The highest BCUT2D eigenvalue weighted by molar-refractivity contribution is 5.95. The van der Waals surface area contributed by atoms with E-state index in [-0.39, 0.29) is 5.91 Å². The van der Waals surface area contributed by atoms with E-state index in [4.69, 9.17) is 4.74 Å². The number of aromatic amines is 1. The number of imidazole rings is 1. The van der Waals surface area contributed by atoms with Crippen LogP contribution in [0.2, 0.25) is 0 Å². The molecule has 2 aromatic rings. The van der Waals surface area contributed by atoms with Crippen LogP contribution in [0.25, 0.3) is 11.0 Å². The van der Waals surface area contributed by atoms with Crippen LogP contribution in [0, 0.1) is 5.41 Å². The maximum Gasteiger partial charge on any atom is 0.235 e. The molecule has 3 rings (SSSR count). The first-order chi connectivity index (χ1) is 10.2. The van der Waals surface area contributed by atoms with E-state index in [2.05, 4.69) is 20.6 Å². The van der Waals surface area contributed by atoms with Gasteiger partial charge in [0.05, 0.1) is 23.1 Å². The first-order valence-electron chi connectivity index (χ1n) is 7.19. The fourth-order valence-electron chi connectivity index (χ4n) is 2.87. The number of H-pyrrole nitrogens is 1. The van der Waals surface area contributed by atoms with E-state index in [1.54, 1.807) is 7.11 Å². The summed E-state index contributed by atoms with van der Waals surface area (Å²) in [5.41, 5.74) is 1.29. The Bertz CT molecular complexity index is 593. The van der Waals surface area contributed by atoms with Crippen LogP contribution in [0.3, 0.4) is 0 Å². The summed E-state index contributed by atoms with van der Waals surface area (Å²) >= 11 is 0. The Balaban J connectivity index is 1.80. The van der Waals surface area contributed by atoms with Crippen molar-refractivity contribution in [3.63, 3.8) is 0 Å². The first-order valence-corrected chi connectivity index (χ1v) is 7.19. The zero-order chi connectivity index (χ0) is 14.7. The van der Waals surface area contributed by atoms with Crippen LogP contribution in [0.15, 0.2) is 24.3 Å². The summed E-state index contributed by atoms with van der Waals surface area (Å²) in [4.78, 5) is 20.2. The van der Waals surface area contributed by atoms with Gasteiger partial charge in [0.1, 0.15) is 0 Å². The smallest absolute Gasteiger partial charge is 0.235 e. The van der Waals surface area contributed by atoms with E-state index < -0.39 is 5.41 Å². The van der Waals surface area contributed by atoms with Gasteiger partial charge in [0.15, 0.2) is 0 Å². The number of fused-ring (bicyclic) bond motifs is 1. The van der Waals surface area contributed by atoms with Crippen molar-refractivity contribution in [3.8, 4) is 0 Å². The second-order valence-electron chi connectivity index (χ2n) is 5.52. The fraction of sp³-hybridized carbons (Fsp3) is 0.467. The van der Waals surface area contributed by atoms with Crippen LogP contribution in [0.5, 0.6) is 0 Å². The molecule has 0 atom stereocenters. The van der Waals surface area contributed by atoms with Crippen molar-refractivity contribution < 1.29 is 9.53 Å². The number of para-hydroxylation sites is 2. The number of nitrogens with one attached hydrogen (secondary N) is 3. The second-order valence-corrected chi connectivity index (χ2v) is 5.52. The number of nitrogens with zero attached hydrogens (tertiary/aromatic N) is 1. The number of piperidine rings is 1. The van der Waals surface area contributed by atoms with Crippen molar-refractivity contribution >= 4 is 22.9 Å². The highest BCUT2D eigenvalue weighted by atomic mass is 16.5. The van der Waals surface area contributed by atoms with Gasteiger partial charge in [-0.2, -0.15) is 0 Å². The third-order valence-electron chi connectivity index (χ3n) is 4.08. The average molecular weight is 288 g/mol. The quantitative estimate of drug-likeness (QED) is 0.797. The van der Waals surface area contributed by atoms with Crippen LogP contribution >= 0.6 is 0 Å². The van der Waals surface area contributed by atoms with Gasteiger partial charge in [-0.15, -0.1) is 0 Å². The van der Waals surface area contributed by atoms with Gasteiger partial charge < -0.3 is 15.0 Å². The highest BCUT2D eigenvalue weighted by Gasteiger charge is 2.40. The number of rotatable bonds is 4. The van der Waals surface area contributed by atoms with E-state index in [9.17, 15) is 4.79 Å². The molecule has 0 bridgehead atoms. The molecule has 2 heterocycles. The van der Waals surface area contributed by atoms with Crippen LogP contribution in [-0.2, 0) is 9.53 Å². The predicted octanol–water partition coefficient (Wildman–Crippen LogP) is 1.52. The lowest BCUT2D eigenvalue weighted by atomic mass is 9.79. The van der Waals surface area contributed by atoms with Gasteiger partial charge in [-0.1, -0.05) is 12.1 Å². The number of amides is 1. The summed E-state index contributed by atoms with van der Waals surface area (Å²) in [5, 5.41) is 6.19. The monoisotopic (exact) mass is 288 g/mol. The molecule has 0 unspecified atom stereocenters. The minimum atomic E-state index is -0.473. The van der Waals surface area contributed by atoms with Crippen molar-refractivity contribution in [1.82, 2.24) is 15.3 Å². The minimum absolute atomic E-state index is 0.0232. The van der Waals surface area contributed by atoms with Gasteiger partial charge in [0.25, 0.3) is 0 Å². The van der Waals surface area contributed by atoms with E-state index in [1.165, 1.54) is 0 Å². The van der Waals surface area contributed by atoms with Crippen LogP contribution in [0.1, 0.15) is 12.8 Å². The van der Waals surface area contributed by atoms with Crippen molar-refractivity contribution in [2.24, 2.45) is 5.41 Å². The van der Waals surface area contributed by atoms with Crippen molar-refractivity contribution in [1.29, 1.82) is 0 Å². The minimum Gasteiger partial charge on any atom is -0.384 e. The summed E-state index contributed by atoms with van der Waals surface area (Å²) in [6.45, 7) is 2.09. The molecule has 1 aliphatic heterocycles. The molecule has 3 N–H and O–H groups in total. The SMILES string of the molecule is COCC1(C(=O)Nc2nc3ccccc3[nH]2)CCNCC1. The molecule has 112 valence electrons. The number of carbonyl (C=O) groups is 1. The Kier molecular flexibility index (Phi) is 3.90. The number of aromatic nitrogens is 2. The molecule has 6 heteroatoms. The van der Waals surface area contributed by atoms with E-state index >= 15 is 0 Å². The third-order valence-corrected chi connectivity index (χ3v) is 4.08. The van der Waals surface area contributed by atoms with Crippen LogP contribution < -0.4 is 10.6 Å². The largest absolute Gasteiger partial charge is 0.384 e. The average Bonchev–Trinajstić information content (AvgIpc) is 2.90. The molecular formula is C15H20N4O2. The zero-order valence-electron chi connectivity index (χ0n) is 12.1. The molecule has 1 aromatic carbocycles. The number of carbonyl (C=O) groups excluding carboxylic acids is 1. The molecule has 21 heavy (non-hydrogen) atoms. The second kappa shape index (κ2) is 5.83. The zero-order valence-corrected chi connectivity index (χ0v) is 12.1. The number of anilines is 1. The first kappa shape index (κ1) is 14.0. The Labute approximate surface area is 123 Å². The van der Waals surface area contributed by atoms with Crippen molar-refractivity contribution in [2.75, 3.05) is 32.1 Å². The number of ether oxygens (including phenoxy) is 1. The van der Waals surface area contributed by atoms with Gasteiger partial charge in [0, 0.05) is 7.11 Å². The van der Waals surface area contributed by atoms with Gasteiger partial charge in [-0.3, -0.25) is 10.1 Å². The Morgan fingerprint density at radius 3 is 2.86 bits per heavy atom. The lowest BCUT2D eigenvalue weighted by Gasteiger charge is -2.35. The molecule has 1 aliphatic rings. The highest BCUT2D eigenvalue weighted by Crippen LogP contribution is 2.30. The van der Waals surface area contributed by atoms with E-state index in [1.807, 2.05) is 24.3 Å². The van der Waals surface area contributed by atoms with Crippen molar-refractivity contribution in [3.05, 3.63) is 24.3 Å². The van der Waals surface area contributed by atoms with E-state index in [0.717, 1.165) is 37.0 Å². The molecule has 6 nitrogen and oxygen atoms in total. The fourth-order valence-corrected chi connectivity index (χ4v) is 2.87. The standard InChI is InChI=1S/C15H20N4O2/c1-21-10-15(6-8-16-9-7-15)13(20)19-14-17-11-4-2-3-5-12(11)18-14/h2-5,16H,6-10H2,1H3,(H2,17,18,19,20). The van der Waals surface area contributed by atoms with E-state index in [0.29, 0.717) is 12.6 Å². The summed E-state index contributed by atoms with van der Waals surface area (Å²) < 4.78 is 5.28. The molecule has 0 spiro atoms. The molecular weight excluding hydrogens is 268 g/mol. The number of hydrogen-bond donors (Lipinski definition) is 3. The van der Waals surface area contributed by atoms with Gasteiger partial charge in [-0.25, -0.2) is 4.98 Å². The lowest BCUT2D eigenvalue weighted by Crippen LogP contribution is -2.47. The summed E-state index contributed by atoms with van der Waals surface area (Å²) in [6.07, 6.45) is 1.54. The molecule has 0 saturated carbocycles. The van der Waals surface area contributed by atoms with Gasteiger partial charge in [-0.05, 0) is 38.1 Å². The Hall–Kier alpha value is -1.92. The maximum atomic E-state index is 12.7. The lowest BCUT2D eigenvalue weighted by molar-refractivity contribution is -0.130. The number of methoxy groups -OCH3 is 1. The summed E-state index contributed by atoms with van der Waals surface area (Å²) in [5.74, 6) is 0.472. The maximum absolute atomic E-state index is 12.7. The Morgan fingerprint density at radius 1 is 1.38 bits per heavy atom. The third kappa shape index (κ3) is 2.77. The number of benzene rings is 1. The predicted molar refractivity (Wildman–Crippen MR) is 81.1 cm³/mol. The molecule has 1 amide bonds. The van der Waals surface area contributed by atoms with Crippen molar-refractivity contribution in [2.45, 2.75) is 12.8 Å². The molecule has 1 fully saturated rings. The molecule has 0 aliphatic carbocycles. The number of hydrogen-bond acceptors (Lipinski definition) is 4. The topological polar surface area (TPSA) is 79.0 Å². The van der Waals surface area contributed by atoms with Crippen LogP contribution in [-0.4, -0.2) is 42.7 Å². The molecule has 1 saturated heterocycles. The molecule has 0 radical (unpaired) electrons. The van der Waals surface area contributed by atoms with Gasteiger partial charge in [0.2, 0.25) is 11.9 Å². The summed E-state index contributed by atoms with van der Waals surface area (Å²) in [6, 6.07) is 7.71. The molecule has 1 aromatic heterocycles. The van der Waals surface area contributed by atoms with Crippen LogP contribution in [0.4, 0.5) is 5.95 Å².